The summed E-state index contributed by atoms with van der Waals surface area (Å²) in [5.74, 6) is 1.47. The molecule has 1 aromatic heterocycles. The molecule has 0 fully saturated rings. The Balaban J connectivity index is 1.74. The van der Waals surface area contributed by atoms with Crippen molar-refractivity contribution < 1.29 is 22.3 Å². The van der Waals surface area contributed by atoms with Crippen LogP contribution in [0.5, 0.6) is 11.5 Å². The van der Waals surface area contributed by atoms with Gasteiger partial charge in [0.2, 0.25) is 0 Å². The maximum Gasteiger partial charge on any atom is 0.265 e. The van der Waals surface area contributed by atoms with Crippen molar-refractivity contribution in [3.05, 3.63) is 66.6 Å². The van der Waals surface area contributed by atoms with Crippen LogP contribution in [0.15, 0.2) is 70.2 Å². The average molecular weight is 388 g/mol. The number of hydrogen-bond acceptors (Lipinski definition) is 6. The van der Waals surface area contributed by atoms with E-state index in [1.54, 1.807) is 42.7 Å². The third-order valence-corrected chi connectivity index (χ3v) is 5.25. The fraction of sp³-hybridized carbons (Fsp3) is 0.158. The van der Waals surface area contributed by atoms with E-state index in [1.165, 1.54) is 20.3 Å². The molecule has 0 bridgehead atoms. The molecular formula is C19H20N2O5S. The van der Waals surface area contributed by atoms with Gasteiger partial charge in [0.25, 0.3) is 10.0 Å². The van der Waals surface area contributed by atoms with Gasteiger partial charge in [-0.2, -0.15) is 0 Å². The molecule has 0 spiro atoms. The molecule has 0 saturated carbocycles. The maximum atomic E-state index is 12.7. The molecule has 0 unspecified atom stereocenters. The highest BCUT2D eigenvalue weighted by Crippen LogP contribution is 2.30. The summed E-state index contributed by atoms with van der Waals surface area (Å²) < 4.78 is 43.6. The number of anilines is 2. The second kappa shape index (κ2) is 8.05. The van der Waals surface area contributed by atoms with Gasteiger partial charge in [-0.3, -0.25) is 4.72 Å². The molecule has 3 rings (SSSR count). The minimum atomic E-state index is -3.84. The lowest BCUT2D eigenvalue weighted by atomic mass is 10.3. The molecule has 0 radical (unpaired) electrons. The lowest BCUT2D eigenvalue weighted by molar-refractivity contribution is 0.392. The number of nitrogens with one attached hydrogen (secondary N) is 2. The quantitative estimate of drug-likeness (QED) is 0.611. The third kappa shape index (κ3) is 4.53. The fourth-order valence-electron chi connectivity index (χ4n) is 2.46. The van der Waals surface area contributed by atoms with E-state index < -0.39 is 10.0 Å². The largest absolute Gasteiger partial charge is 0.497 e. The van der Waals surface area contributed by atoms with Crippen molar-refractivity contribution in [1.82, 2.24) is 0 Å². The van der Waals surface area contributed by atoms with E-state index in [0.29, 0.717) is 18.0 Å². The van der Waals surface area contributed by atoms with Crippen LogP contribution in [0.3, 0.4) is 0 Å². The van der Waals surface area contributed by atoms with Gasteiger partial charge in [0.05, 0.1) is 27.0 Å². The van der Waals surface area contributed by atoms with E-state index in [4.69, 9.17) is 13.9 Å². The molecule has 0 atom stereocenters. The van der Waals surface area contributed by atoms with Gasteiger partial charge in [0.1, 0.15) is 22.2 Å². The predicted octanol–water partition coefficient (Wildman–Crippen LogP) is 3.71. The first-order valence-corrected chi connectivity index (χ1v) is 9.61. The van der Waals surface area contributed by atoms with Gasteiger partial charge >= 0.3 is 0 Å². The van der Waals surface area contributed by atoms with Crippen molar-refractivity contribution in [3.8, 4) is 11.5 Å². The van der Waals surface area contributed by atoms with Crippen LogP contribution in [-0.2, 0) is 16.6 Å². The second-order valence-electron chi connectivity index (χ2n) is 5.63. The summed E-state index contributed by atoms with van der Waals surface area (Å²) in [6.07, 6.45) is 1.61. The minimum Gasteiger partial charge on any atom is -0.497 e. The van der Waals surface area contributed by atoms with Crippen molar-refractivity contribution in [2.45, 2.75) is 11.4 Å². The highest BCUT2D eigenvalue weighted by molar-refractivity contribution is 7.92. The van der Waals surface area contributed by atoms with Crippen molar-refractivity contribution in [2.24, 2.45) is 0 Å². The zero-order valence-corrected chi connectivity index (χ0v) is 15.7. The van der Waals surface area contributed by atoms with E-state index in [9.17, 15) is 8.42 Å². The smallest absolute Gasteiger partial charge is 0.265 e. The van der Waals surface area contributed by atoms with Crippen LogP contribution in [-0.4, -0.2) is 22.6 Å². The molecule has 27 heavy (non-hydrogen) atoms. The maximum absolute atomic E-state index is 12.7. The molecule has 0 aliphatic heterocycles. The third-order valence-electron chi connectivity index (χ3n) is 3.84. The predicted molar refractivity (Wildman–Crippen MR) is 103 cm³/mol. The Bertz CT molecular complexity index is 983. The Labute approximate surface area is 158 Å². The molecule has 7 nitrogen and oxygen atoms in total. The molecule has 0 saturated heterocycles. The summed E-state index contributed by atoms with van der Waals surface area (Å²) in [5, 5.41) is 3.19. The average Bonchev–Trinajstić information content (AvgIpc) is 3.20. The summed E-state index contributed by atoms with van der Waals surface area (Å²) in [4.78, 5) is 0.00405. The highest BCUT2D eigenvalue weighted by atomic mass is 32.2. The number of benzene rings is 2. The molecule has 2 N–H and O–H groups in total. The molecule has 0 aliphatic rings. The Morgan fingerprint density at radius 3 is 2.33 bits per heavy atom. The molecule has 1 heterocycles. The van der Waals surface area contributed by atoms with E-state index in [0.717, 1.165) is 11.4 Å². The SMILES string of the molecule is COc1ccc(OC)c(S(=O)(=O)Nc2ccc(NCc3ccco3)cc2)c1. The minimum absolute atomic E-state index is 0.00405. The van der Waals surface area contributed by atoms with Gasteiger partial charge < -0.3 is 19.2 Å². The summed E-state index contributed by atoms with van der Waals surface area (Å²) in [6.45, 7) is 0.541. The fourth-order valence-corrected chi connectivity index (χ4v) is 3.71. The van der Waals surface area contributed by atoms with Crippen LogP contribution in [0.25, 0.3) is 0 Å². The first-order chi connectivity index (χ1) is 13.0. The molecule has 0 amide bonds. The topological polar surface area (TPSA) is 89.8 Å². The number of ether oxygens (including phenoxy) is 2. The number of methoxy groups -OCH3 is 2. The number of rotatable bonds is 8. The summed E-state index contributed by atoms with van der Waals surface area (Å²) >= 11 is 0. The Kier molecular flexibility index (Phi) is 5.56. The van der Waals surface area contributed by atoms with Gasteiger partial charge in [-0.1, -0.05) is 0 Å². The van der Waals surface area contributed by atoms with Gasteiger partial charge in [0.15, 0.2) is 0 Å². The second-order valence-corrected chi connectivity index (χ2v) is 7.28. The first kappa shape index (κ1) is 18.7. The monoisotopic (exact) mass is 388 g/mol. The van der Waals surface area contributed by atoms with Gasteiger partial charge in [-0.15, -0.1) is 0 Å². The summed E-state index contributed by atoms with van der Waals surface area (Å²) in [7, 11) is -0.950. The highest BCUT2D eigenvalue weighted by Gasteiger charge is 2.20. The zero-order valence-electron chi connectivity index (χ0n) is 14.9. The van der Waals surface area contributed by atoms with Crippen LogP contribution in [0.2, 0.25) is 0 Å². The lowest BCUT2D eigenvalue weighted by Crippen LogP contribution is -2.14. The zero-order chi connectivity index (χ0) is 19.3. The van der Waals surface area contributed by atoms with Crippen molar-refractivity contribution >= 4 is 21.4 Å². The summed E-state index contributed by atoms with van der Waals surface area (Å²) in [6, 6.07) is 15.2. The van der Waals surface area contributed by atoms with Crippen LogP contribution in [0.4, 0.5) is 11.4 Å². The molecule has 142 valence electrons. The lowest BCUT2D eigenvalue weighted by Gasteiger charge is -2.13. The first-order valence-electron chi connectivity index (χ1n) is 8.13. The van der Waals surface area contributed by atoms with Gasteiger partial charge in [-0.25, -0.2) is 8.42 Å². The molecule has 3 aromatic rings. The molecule has 2 aromatic carbocycles. The van der Waals surface area contributed by atoms with Crippen LogP contribution in [0, 0.1) is 0 Å². The Morgan fingerprint density at radius 2 is 1.70 bits per heavy atom. The van der Waals surface area contributed by atoms with Crippen molar-refractivity contribution in [2.75, 3.05) is 24.3 Å². The van der Waals surface area contributed by atoms with Crippen molar-refractivity contribution in [1.29, 1.82) is 0 Å². The number of furan rings is 1. The molecular weight excluding hydrogens is 368 g/mol. The summed E-state index contributed by atoms with van der Waals surface area (Å²) in [5.41, 5.74) is 1.27. The van der Waals surface area contributed by atoms with Crippen molar-refractivity contribution in [3.63, 3.8) is 0 Å². The van der Waals surface area contributed by atoms with Gasteiger partial charge in [-0.05, 0) is 48.5 Å². The Hall–Kier alpha value is -3.13. The Morgan fingerprint density at radius 1 is 0.963 bits per heavy atom. The van der Waals surface area contributed by atoms with Crippen LogP contribution in [0.1, 0.15) is 5.76 Å². The van der Waals surface area contributed by atoms with E-state index in [-0.39, 0.29) is 10.6 Å². The number of hydrogen-bond donors (Lipinski definition) is 2. The van der Waals surface area contributed by atoms with Gasteiger partial charge in [0, 0.05) is 17.4 Å². The van der Waals surface area contributed by atoms with Crippen LogP contribution >= 0.6 is 0 Å². The normalized spacial score (nSPS) is 11.0. The number of sulfonamides is 1. The standard InChI is InChI=1S/C19H20N2O5S/c1-24-16-9-10-18(25-2)19(12-16)27(22,23)21-15-7-5-14(6-8-15)20-13-17-4-3-11-26-17/h3-12,20-21H,13H2,1-2H3. The van der Waals surface area contributed by atoms with Crippen LogP contribution < -0.4 is 19.5 Å². The molecule has 8 heteroatoms. The van der Waals surface area contributed by atoms with E-state index in [1.807, 2.05) is 12.1 Å². The van der Waals surface area contributed by atoms with E-state index >= 15 is 0 Å². The van der Waals surface area contributed by atoms with E-state index in [2.05, 4.69) is 10.0 Å². The molecule has 0 aliphatic carbocycles.